The van der Waals surface area contributed by atoms with Crippen molar-refractivity contribution >= 4 is 29.3 Å². The van der Waals surface area contributed by atoms with Gasteiger partial charge < -0.3 is 4.90 Å². The summed E-state index contributed by atoms with van der Waals surface area (Å²) in [4.78, 5) is 16.2. The second kappa shape index (κ2) is 6.44. The monoisotopic (exact) mass is 314 g/mol. The third-order valence-electron chi connectivity index (χ3n) is 4.39. The molecule has 1 aliphatic heterocycles. The van der Waals surface area contributed by atoms with Crippen molar-refractivity contribution in [3.63, 3.8) is 0 Å². The number of aryl methyl sites for hydroxylation is 1. The van der Waals surface area contributed by atoms with Crippen molar-refractivity contribution in [3.8, 4) is 0 Å². The summed E-state index contributed by atoms with van der Waals surface area (Å²) in [5, 5.41) is -0.356. The minimum Gasteiger partial charge on any atom is -0.304 e. The molecule has 0 aromatic heterocycles. The Balaban J connectivity index is 0.00000147. The van der Waals surface area contributed by atoms with Gasteiger partial charge in [0.2, 0.25) is 0 Å². The van der Waals surface area contributed by atoms with E-state index in [9.17, 15) is 4.79 Å². The Morgan fingerprint density at radius 1 is 1.25 bits per heavy atom. The van der Waals surface area contributed by atoms with Crippen molar-refractivity contribution in [1.29, 1.82) is 0 Å². The lowest BCUT2D eigenvalue weighted by molar-refractivity contribution is 0.108. The molecule has 1 atom stereocenters. The molecule has 1 aromatic carbocycles. The van der Waals surface area contributed by atoms with Crippen LogP contribution in [0.4, 0.5) is 0 Å². The normalized spacial score (nSPS) is 23.2. The average molecular weight is 315 g/mol. The Bertz CT molecular complexity index is 499. The zero-order valence-electron chi connectivity index (χ0n) is 11.6. The first kappa shape index (κ1) is 15.8. The summed E-state index contributed by atoms with van der Waals surface area (Å²) in [5.74, 6) is 0. The molecular formula is C15H20Cl2N2O. The fraction of sp³-hybridized carbons (Fsp3) is 0.533. The molecule has 1 aliphatic carbocycles. The second-order valence-electron chi connectivity index (χ2n) is 5.58. The van der Waals surface area contributed by atoms with Gasteiger partial charge in [0.15, 0.2) is 0 Å². The minimum absolute atomic E-state index is 0. The van der Waals surface area contributed by atoms with Gasteiger partial charge in [0.1, 0.15) is 0 Å². The lowest BCUT2D eigenvalue weighted by Gasteiger charge is -2.36. The van der Waals surface area contributed by atoms with E-state index in [-0.39, 0.29) is 17.6 Å². The van der Waals surface area contributed by atoms with Crippen LogP contribution in [0.15, 0.2) is 18.2 Å². The summed E-state index contributed by atoms with van der Waals surface area (Å²) < 4.78 is 0. The molecule has 5 heteroatoms. The van der Waals surface area contributed by atoms with E-state index in [0.29, 0.717) is 11.6 Å². The Morgan fingerprint density at radius 3 is 2.60 bits per heavy atom. The predicted octanol–water partition coefficient (Wildman–Crippen LogP) is 2.72. The SMILES string of the molecule is CN1CCN([C@H]2CCc3cc(C(=O)Cl)ccc32)CC1.Cl. The van der Waals surface area contributed by atoms with E-state index >= 15 is 0 Å². The van der Waals surface area contributed by atoms with Crippen LogP contribution in [-0.4, -0.2) is 48.3 Å². The van der Waals surface area contributed by atoms with Crippen molar-refractivity contribution < 1.29 is 4.79 Å². The van der Waals surface area contributed by atoms with Crippen LogP contribution in [0.5, 0.6) is 0 Å². The van der Waals surface area contributed by atoms with E-state index in [0.717, 1.165) is 32.6 Å². The molecular weight excluding hydrogens is 295 g/mol. The fourth-order valence-corrected chi connectivity index (χ4v) is 3.35. The molecule has 3 rings (SSSR count). The Labute approximate surface area is 131 Å². The number of hydrogen-bond acceptors (Lipinski definition) is 3. The van der Waals surface area contributed by atoms with E-state index in [1.165, 1.54) is 17.5 Å². The molecule has 3 nitrogen and oxygen atoms in total. The average Bonchev–Trinajstić information content (AvgIpc) is 2.82. The molecule has 0 spiro atoms. The highest BCUT2D eigenvalue weighted by Gasteiger charge is 2.29. The summed E-state index contributed by atoms with van der Waals surface area (Å²) in [6.45, 7) is 4.56. The van der Waals surface area contributed by atoms with Crippen LogP contribution >= 0.6 is 24.0 Å². The Hall–Kier alpha value is -0.610. The summed E-state index contributed by atoms with van der Waals surface area (Å²) >= 11 is 5.55. The van der Waals surface area contributed by atoms with Crippen molar-refractivity contribution in [2.24, 2.45) is 0 Å². The van der Waals surface area contributed by atoms with Gasteiger partial charge in [0, 0.05) is 37.8 Å². The Kier molecular flexibility index (Phi) is 5.08. The number of halogens is 2. The first-order valence-electron chi connectivity index (χ1n) is 6.90. The molecule has 1 aromatic rings. The van der Waals surface area contributed by atoms with E-state index in [1.54, 1.807) is 0 Å². The lowest BCUT2D eigenvalue weighted by Crippen LogP contribution is -2.45. The zero-order valence-corrected chi connectivity index (χ0v) is 13.2. The molecule has 0 radical (unpaired) electrons. The molecule has 0 saturated carbocycles. The number of likely N-dealkylation sites (N-methyl/N-ethyl adjacent to an activating group) is 1. The van der Waals surface area contributed by atoms with Crippen LogP contribution < -0.4 is 0 Å². The van der Waals surface area contributed by atoms with Crippen molar-refractivity contribution in [2.75, 3.05) is 33.2 Å². The lowest BCUT2D eigenvalue weighted by atomic mass is 10.0. The zero-order chi connectivity index (χ0) is 13.4. The number of hydrogen-bond donors (Lipinski definition) is 0. The van der Waals surface area contributed by atoms with Crippen molar-refractivity contribution in [3.05, 3.63) is 34.9 Å². The number of carbonyl (C=O) groups is 1. The van der Waals surface area contributed by atoms with Gasteiger partial charge in [-0.15, -0.1) is 12.4 Å². The maximum atomic E-state index is 11.2. The van der Waals surface area contributed by atoms with Crippen LogP contribution in [0.3, 0.4) is 0 Å². The van der Waals surface area contributed by atoms with Gasteiger partial charge in [-0.25, -0.2) is 0 Å². The Morgan fingerprint density at radius 2 is 1.95 bits per heavy atom. The van der Waals surface area contributed by atoms with Gasteiger partial charge in [-0.2, -0.15) is 0 Å². The molecule has 1 fully saturated rings. The maximum absolute atomic E-state index is 11.2. The third kappa shape index (κ3) is 3.01. The van der Waals surface area contributed by atoms with E-state index in [4.69, 9.17) is 11.6 Å². The summed E-state index contributed by atoms with van der Waals surface area (Å²) in [7, 11) is 2.18. The highest BCUT2D eigenvalue weighted by atomic mass is 35.5. The van der Waals surface area contributed by atoms with E-state index < -0.39 is 0 Å². The summed E-state index contributed by atoms with van der Waals surface area (Å²) in [6.07, 6.45) is 2.23. The highest BCUT2D eigenvalue weighted by molar-refractivity contribution is 6.67. The fourth-order valence-electron chi connectivity index (χ4n) is 3.23. The van der Waals surface area contributed by atoms with Crippen LogP contribution in [0, 0.1) is 0 Å². The quantitative estimate of drug-likeness (QED) is 0.784. The molecule has 110 valence electrons. The number of benzene rings is 1. The standard InChI is InChI=1S/C15H19ClN2O.ClH/c1-17-6-8-18(9-7-17)14-5-3-11-10-12(15(16)19)2-4-13(11)14;/h2,4,10,14H,3,5-9H2,1H3;1H/t14-;/m0./s1. The predicted molar refractivity (Wildman–Crippen MR) is 84.0 cm³/mol. The maximum Gasteiger partial charge on any atom is 0.252 e. The van der Waals surface area contributed by atoms with Crippen molar-refractivity contribution in [1.82, 2.24) is 9.80 Å². The highest BCUT2D eigenvalue weighted by Crippen LogP contribution is 2.36. The van der Waals surface area contributed by atoms with Crippen LogP contribution in [0.2, 0.25) is 0 Å². The molecule has 0 bridgehead atoms. The second-order valence-corrected chi connectivity index (χ2v) is 5.92. The van der Waals surface area contributed by atoms with Crippen LogP contribution in [0.25, 0.3) is 0 Å². The van der Waals surface area contributed by atoms with Crippen LogP contribution in [0.1, 0.15) is 33.9 Å². The first-order valence-corrected chi connectivity index (χ1v) is 7.28. The molecule has 0 N–H and O–H groups in total. The minimum atomic E-state index is -0.356. The first-order chi connectivity index (χ1) is 9.15. The summed E-state index contributed by atoms with van der Waals surface area (Å²) in [5.41, 5.74) is 3.32. The molecule has 0 amide bonds. The van der Waals surface area contributed by atoms with Crippen LogP contribution in [-0.2, 0) is 6.42 Å². The van der Waals surface area contributed by atoms with E-state index in [1.807, 2.05) is 12.1 Å². The number of fused-ring (bicyclic) bond motifs is 1. The molecule has 1 saturated heterocycles. The molecule has 1 heterocycles. The van der Waals surface area contributed by atoms with Gasteiger partial charge >= 0.3 is 0 Å². The number of carbonyl (C=O) groups excluding carboxylic acids is 1. The number of nitrogens with zero attached hydrogens (tertiary/aromatic N) is 2. The smallest absolute Gasteiger partial charge is 0.252 e. The largest absolute Gasteiger partial charge is 0.304 e. The molecule has 2 aliphatic rings. The van der Waals surface area contributed by atoms with E-state index in [2.05, 4.69) is 22.9 Å². The molecule has 20 heavy (non-hydrogen) atoms. The van der Waals surface area contributed by atoms with Gasteiger partial charge in [-0.05, 0) is 54.7 Å². The van der Waals surface area contributed by atoms with Gasteiger partial charge in [0.05, 0.1) is 0 Å². The summed E-state index contributed by atoms with van der Waals surface area (Å²) in [6, 6.07) is 6.47. The van der Waals surface area contributed by atoms with Gasteiger partial charge in [0.25, 0.3) is 5.24 Å². The third-order valence-corrected chi connectivity index (χ3v) is 4.61. The van der Waals surface area contributed by atoms with Crippen molar-refractivity contribution in [2.45, 2.75) is 18.9 Å². The topological polar surface area (TPSA) is 23.6 Å². The number of rotatable bonds is 2. The van der Waals surface area contributed by atoms with Gasteiger partial charge in [-0.3, -0.25) is 9.69 Å². The molecule has 0 unspecified atom stereocenters. The van der Waals surface area contributed by atoms with Gasteiger partial charge in [-0.1, -0.05) is 6.07 Å². The number of piperazine rings is 1.